The number of benzene rings is 2. The summed E-state index contributed by atoms with van der Waals surface area (Å²) in [6.45, 7) is 5.10. The third kappa shape index (κ3) is 3.66. The number of hydrogen-bond acceptors (Lipinski definition) is 4. The summed E-state index contributed by atoms with van der Waals surface area (Å²) in [6, 6.07) is 17.3. The van der Waals surface area contributed by atoms with Gasteiger partial charge in [0, 0.05) is 17.3 Å². The number of rotatable bonds is 5. The molecule has 0 unspecified atom stereocenters. The Labute approximate surface area is 172 Å². The summed E-state index contributed by atoms with van der Waals surface area (Å²) in [4.78, 5) is 19.7. The average molecular weight is 411 g/mol. The monoisotopic (exact) mass is 410 g/mol. The molecular weight excluding hydrogens is 392 g/mol. The Morgan fingerprint density at radius 1 is 1.18 bits per heavy atom. The van der Waals surface area contributed by atoms with E-state index in [1.165, 1.54) is 11.3 Å². The van der Waals surface area contributed by atoms with Crippen molar-refractivity contribution in [3.05, 3.63) is 76.6 Å². The second-order valence-electron chi connectivity index (χ2n) is 6.47. The highest BCUT2D eigenvalue weighted by Gasteiger charge is 2.24. The molecule has 5 nitrogen and oxygen atoms in total. The van der Waals surface area contributed by atoms with Gasteiger partial charge in [0.1, 0.15) is 0 Å². The van der Waals surface area contributed by atoms with E-state index in [1.807, 2.05) is 73.1 Å². The van der Waals surface area contributed by atoms with Crippen molar-refractivity contribution in [2.24, 2.45) is 0 Å². The maximum atomic E-state index is 13.4. The van der Waals surface area contributed by atoms with E-state index < -0.39 is 0 Å². The second kappa shape index (κ2) is 7.73. The van der Waals surface area contributed by atoms with Gasteiger partial charge < -0.3 is 0 Å². The summed E-state index contributed by atoms with van der Waals surface area (Å²) in [5.74, 6) is -0.163. The number of thiazole rings is 1. The van der Waals surface area contributed by atoms with E-state index in [4.69, 9.17) is 11.6 Å². The van der Waals surface area contributed by atoms with Gasteiger partial charge in [0.05, 0.1) is 16.8 Å². The van der Waals surface area contributed by atoms with Crippen molar-refractivity contribution in [1.82, 2.24) is 14.8 Å². The topological polar surface area (TPSA) is 51.0 Å². The molecular formula is C21H19ClN4OS. The van der Waals surface area contributed by atoms with Crippen LogP contribution in [0, 0.1) is 6.92 Å². The molecule has 0 bridgehead atoms. The summed E-state index contributed by atoms with van der Waals surface area (Å²) in [5.41, 5.74) is 3.24. The molecule has 0 saturated heterocycles. The average Bonchev–Trinajstić information content (AvgIpc) is 3.29. The van der Waals surface area contributed by atoms with E-state index in [0.717, 1.165) is 28.0 Å². The van der Waals surface area contributed by atoms with Crippen LogP contribution in [0.2, 0.25) is 5.02 Å². The van der Waals surface area contributed by atoms with Crippen LogP contribution in [-0.4, -0.2) is 20.7 Å². The van der Waals surface area contributed by atoms with Gasteiger partial charge in [0.2, 0.25) is 0 Å². The molecule has 4 rings (SSSR count). The van der Waals surface area contributed by atoms with Gasteiger partial charge in [0.25, 0.3) is 5.91 Å². The van der Waals surface area contributed by atoms with Crippen LogP contribution in [0.15, 0.2) is 54.6 Å². The van der Waals surface area contributed by atoms with Crippen molar-refractivity contribution in [3.63, 3.8) is 0 Å². The van der Waals surface area contributed by atoms with E-state index in [-0.39, 0.29) is 5.91 Å². The minimum absolute atomic E-state index is 0.163. The standard InChI is InChI=1S/C21H19ClN4OS/c1-3-26-14(2)11-18(24-26)20(27)25(13-15-7-5-4-6-8-15)21-23-17-10-9-16(22)12-19(17)28-21/h4-12H,3,13H2,1-2H3. The zero-order chi connectivity index (χ0) is 19.7. The Kier molecular flexibility index (Phi) is 5.15. The van der Waals surface area contributed by atoms with Gasteiger partial charge in [-0.25, -0.2) is 4.98 Å². The lowest BCUT2D eigenvalue weighted by molar-refractivity contribution is 0.0979. The molecule has 2 aromatic heterocycles. The number of carbonyl (C=O) groups excluding carboxylic acids is 1. The zero-order valence-corrected chi connectivity index (χ0v) is 17.2. The third-order valence-corrected chi connectivity index (χ3v) is 5.77. The highest BCUT2D eigenvalue weighted by molar-refractivity contribution is 7.22. The lowest BCUT2D eigenvalue weighted by Crippen LogP contribution is -2.30. The number of aryl methyl sites for hydroxylation is 2. The minimum atomic E-state index is -0.163. The van der Waals surface area contributed by atoms with Crippen molar-refractivity contribution < 1.29 is 4.79 Å². The van der Waals surface area contributed by atoms with Crippen LogP contribution in [0.1, 0.15) is 28.7 Å². The van der Waals surface area contributed by atoms with Crippen molar-refractivity contribution in [2.45, 2.75) is 26.9 Å². The van der Waals surface area contributed by atoms with E-state index in [0.29, 0.717) is 22.4 Å². The Balaban J connectivity index is 1.76. The zero-order valence-electron chi connectivity index (χ0n) is 15.6. The fourth-order valence-electron chi connectivity index (χ4n) is 3.07. The van der Waals surface area contributed by atoms with Crippen molar-refractivity contribution >= 4 is 44.2 Å². The fraction of sp³-hybridized carbons (Fsp3) is 0.190. The number of amides is 1. The van der Waals surface area contributed by atoms with E-state index >= 15 is 0 Å². The predicted molar refractivity (Wildman–Crippen MR) is 114 cm³/mol. The number of carbonyl (C=O) groups is 1. The Bertz CT molecular complexity index is 1140. The molecule has 7 heteroatoms. The largest absolute Gasteiger partial charge is 0.280 e. The van der Waals surface area contributed by atoms with Crippen molar-refractivity contribution in [1.29, 1.82) is 0 Å². The lowest BCUT2D eigenvalue weighted by Gasteiger charge is -2.19. The SMILES string of the molecule is CCn1nc(C(=O)N(Cc2ccccc2)c2nc3ccc(Cl)cc3s2)cc1C. The van der Waals surface area contributed by atoms with Gasteiger partial charge in [0.15, 0.2) is 10.8 Å². The summed E-state index contributed by atoms with van der Waals surface area (Å²) in [7, 11) is 0. The van der Waals surface area contributed by atoms with Crippen LogP contribution >= 0.6 is 22.9 Å². The van der Waals surface area contributed by atoms with E-state index in [9.17, 15) is 4.79 Å². The predicted octanol–water partition coefficient (Wildman–Crippen LogP) is 5.32. The van der Waals surface area contributed by atoms with Gasteiger partial charge in [-0.15, -0.1) is 0 Å². The van der Waals surface area contributed by atoms with Crippen LogP contribution < -0.4 is 4.90 Å². The molecule has 0 spiro atoms. The molecule has 28 heavy (non-hydrogen) atoms. The number of aromatic nitrogens is 3. The lowest BCUT2D eigenvalue weighted by atomic mass is 10.2. The molecule has 0 aliphatic carbocycles. The number of nitrogens with zero attached hydrogens (tertiary/aromatic N) is 4. The summed E-state index contributed by atoms with van der Waals surface area (Å²) in [6.07, 6.45) is 0. The van der Waals surface area contributed by atoms with Crippen LogP contribution in [0.5, 0.6) is 0 Å². The first kappa shape index (κ1) is 18.7. The van der Waals surface area contributed by atoms with Gasteiger partial charge in [-0.05, 0) is 43.7 Å². The third-order valence-electron chi connectivity index (χ3n) is 4.50. The molecule has 0 atom stereocenters. The number of anilines is 1. The van der Waals surface area contributed by atoms with Crippen molar-refractivity contribution in [2.75, 3.05) is 4.90 Å². The first-order chi connectivity index (χ1) is 13.5. The summed E-state index contributed by atoms with van der Waals surface area (Å²) < 4.78 is 2.77. The summed E-state index contributed by atoms with van der Waals surface area (Å²) >= 11 is 7.57. The number of fused-ring (bicyclic) bond motifs is 1. The number of halogens is 1. The molecule has 0 saturated carbocycles. The molecule has 1 amide bonds. The van der Waals surface area contributed by atoms with Gasteiger partial charge in [-0.3, -0.25) is 14.4 Å². The highest BCUT2D eigenvalue weighted by Crippen LogP contribution is 2.32. The molecule has 0 N–H and O–H groups in total. The summed E-state index contributed by atoms with van der Waals surface area (Å²) in [5, 5.41) is 5.75. The van der Waals surface area contributed by atoms with E-state index in [1.54, 1.807) is 4.90 Å². The Hall–Kier alpha value is -2.70. The quantitative estimate of drug-likeness (QED) is 0.447. The van der Waals surface area contributed by atoms with E-state index in [2.05, 4.69) is 10.1 Å². The van der Waals surface area contributed by atoms with Gasteiger partial charge in [-0.2, -0.15) is 5.10 Å². The Morgan fingerprint density at radius 3 is 2.68 bits per heavy atom. The molecule has 0 aliphatic heterocycles. The maximum absolute atomic E-state index is 13.4. The smallest absolute Gasteiger partial charge is 0.278 e. The minimum Gasteiger partial charge on any atom is -0.278 e. The van der Waals surface area contributed by atoms with Gasteiger partial charge >= 0.3 is 0 Å². The number of hydrogen-bond donors (Lipinski definition) is 0. The molecule has 2 aromatic carbocycles. The molecule has 0 aliphatic rings. The van der Waals surface area contributed by atoms with Crippen molar-refractivity contribution in [3.8, 4) is 0 Å². The molecule has 0 radical (unpaired) electrons. The van der Waals surface area contributed by atoms with Crippen LogP contribution in [0.25, 0.3) is 10.2 Å². The van der Waals surface area contributed by atoms with Crippen LogP contribution in [0.4, 0.5) is 5.13 Å². The Morgan fingerprint density at radius 2 is 1.96 bits per heavy atom. The normalized spacial score (nSPS) is 11.1. The molecule has 0 fully saturated rings. The maximum Gasteiger partial charge on any atom is 0.280 e. The van der Waals surface area contributed by atoms with Crippen LogP contribution in [0.3, 0.4) is 0 Å². The fourth-order valence-corrected chi connectivity index (χ4v) is 4.31. The second-order valence-corrected chi connectivity index (χ2v) is 7.92. The first-order valence-corrected chi connectivity index (χ1v) is 10.2. The molecule has 142 valence electrons. The van der Waals surface area contributed by atoms with Crippen LogP contribution in [-0.2, 0) is 13.1 Å². The molecule has 2 heterocycles. The first-order valence-electron chi connectivity index (χ1n) is 9.01. The molecule has 4 aromatic rings. The highest BCUT2D eigenvalue weighted by atomic mass is 35.5. The van der Waals surface area contributed by atoms with Gasteiger partial charge in [-0.1, -0.05) is 53.3 Å².